The molecule has 0 saturated carbocycles. The van der Waals surface area contributed by atoms with Gasteiger partial charge in [0.1, 0.15) is 12.4 Å². The van der Waals surface area contributed by atoms with Gasteiger partial charge in [0, 0.05) is 22.4 Å². The van der Waals surface area contributed by atoms with Crippen LogP contribution in [0.25, 0.3) is 5.69 Å². The Balaban J connectivity index is 1.99. The number of fused-ring (bicyclic) bond motifs is 1. The molecule has 3 aromatic rings. The van der Waals surface area contributed by atoms with Crippen LogP contribution in [0.15, 0.2) is 41.8 Å². The number of nitrogens with zero attached hydrogens (tertiary/aromatic N) is 3. The molecule has 1 aliphatic rings. The first-order chi connectivity index (χ1) is 16.2. The van der Waals surface area contributed by atoms with Gasteiger partial charge in [0.2, 0.25) is 11.8 Å². The molecule has 6 nitrogen and oxygen atoms in total. The average Bonchev–Trinajstić information content (AvgIpc) is 3.43. The fourth-order valence-electron chi connectivity index (χ4n) is 3.99. The number of nitrogens with one attached hydrogen (secondary N) is 1. The lowest BCUT2D eigenvalue weighted by Gasteiger charge is -2.24. The van der Waals surface area contributed by atoms with Crippen LogP contribution in [0.1, 0.15) is 55.5 Å². The van der Waals surface area contributed by atoms with Crippen molar-refractivity contribution >= 4 is 52.3 Å². The van der Waals surface area contributed by atoms with Crippen LogP contribution in [-0.2, 0) is 15.0 Å². The predicted molar refractivity (Wildman–Crippen MR) is 142 cm³/mol. The second-order valence-corrected chi connectivity index (χ2v) is 11.7. The van der Waals surface area contributed by atoms with Crippen LogP contribution in [0.5, 0.6) is 0 Å². The number of carbonyl (C=O) groups is 2. The number of benzene rings is 1. The largest absolute Gasteiger partial charge is 0.355 e. The number of para-hydroxylation sites is 1. The zero-order valence-electron chi connectivity index (χ0n) is 19.8. The van der Waals surface area contributed by atoms with Crippen molar-refractivity contribution in [2.24, 2.45) is 0 Å². The second-order valence-electron chi connectivity index (χ2n) is 9.24. The Morgan fingerprint density at radius 2 is 2.00 bits per heavy atom. The van der Waals surface area contributed by atoms with Crippen molar-refractivity contribution in [3.63, 3.8) is 0 Å². The van der Waals surface area contributed by atoms with Gasteiger partial charge in [-0.15, -0.1) is 23.1 Å². The van der Waals surface area contributed by atoms with E-state index in [0.717, 1.165) is 22.6 Å². The maximum absolute atomic E-state index is 13.5. The van der Waals surface area contributed by atoms with E-state index in [4.69, 9.17) is 16.7 Å². The van der Waals surface area contributed by atoms with E-state index in [-0.39, 0.29) is 34.8 Å². The highest BCUT2D eigenvalue weighted by atomic mass is 35.5. The molecule has 180 valence electrons. The SMILES string of the molecule is CCCNC(=O)CN1C(=O)CSC(c2cccs2)c2c(C(C)(C)C)nn(-c3ccccc3Cl)c21. The lowest BCUT2D eigenvalue weighted by atomic mass is 9.88. The van der Waals surface area contributed by atoms with E-state index in [0.29, 0.717) is 23.1 Å². The maximum atomic E-state index is 13.5. The molecule has 34 heavy (non-hydrogen) atoms. The molecule has 1 aromatic carbocycles. The number of rotatable bonds is 6. The minimum atomic E-state index is -0.295. The number of hydrogen-bond donors (Lipinski definition) is 1. The van der Waals surface area contributed by atoms with Crippen molar-refractivity contribution in [2.45, 2.75) is 44.8 Å². The van der Waals surface area contributed by atoms with Crippen LogP contribution in [0.2, 0.25) is 5.02 Å². The van der Waals surface area contributed by atoms with Crippen molar-refractivity contribution in [2.75, 3.05) is 23.7 Å². The lowest BCUT2D eigenvalue weighted by molar-refractivity contribution is -0.122. The summed E-state index contributed by atoms with van der Waals surface area (Å²) in [7, 11) is 0. The number of amides is 2. The third-order valence-electron chi connectivity index (χ3n) is 5.56. The van der Waals surface area contributed by atoms with Gasteiger partial charge in [-0.05, 0) is 30.0 Å². The van der Waals surface area contributed by atoms with E-state index in [9.17, 15) is 9.59 Å². The Hall–Kier alpha value is -2.29. The molecule has 0 fully saturated rings. The molecular formula is C25H29ClN4O2S2. The molecule has 1 unspecified atom stereocenters. The summed E-state index contributed by atoms with van der Waals surface area (Å²) in [5.41, 5.74) is 2.24. The molecule has 1 N–H and O–H groups in total. The number of halogens is 1. The molecular weight excluding hydrogens is 488 g/mol. The van der Waals surface area contributed by atoms with Crippen LogP contribution in [0.3, 0.4) is 0 Å². The Labute approximate surface area is 213 Å². The smallest absolute Gasteiger partial charge is 0.240 e. The van der Waals surface area contributed by atoms with Gasteiger partial charge in [-0.2, -0.15) is 5.10 Å². The molecule has 0 bridgehead atoms. The zero-order valence-corrected chi connectivity index (χ0v) is 22.2. The Morgan fingerprint density at radius 3 is 2.65 bits per heavy atom. The molecule has 0 spiro atoms. The van der Waals surface area contributed by atoms with E-state index in [1.54, 1.807) is 32.7 Å². The summed E-state index contributed by atoms with van der Waals surface area (Å²) < 4.78 is 1.76. The first kappa shape index (κ1) is 24.8. The highest BCUT2D eigenvalue weighted by Crippen LogP contribution is 2.49. The van der Waals surface area contributed by atoms with Gasteiger partial charge in [0.25, 0.3) is 0 Å². The summed E-state index contributed by atoms with van der Waals surface area (Å²) in [6.45, 7) is 8.86. The van der Waals surface area contributed by atoms with Crippen molar-refractivity contribution in [3.05, 3.63) is 62.9 Å². The van der Waals surface area contributed by atoms with Gasteiger partial charge in [0.15, 0.2) is 0 Å². The average molecular weight is 517 g/mol. The molecule has 4 rings (SSSR count). The van der Waals surface area contributed by atoms with Crippen LogP contribution < -0.4 is 10.2 Å². The third-order valence-corrected chi connectivity index (χ3v) is 8.20. The van der Waals surface area contributed by atoms with Gasteiger partial charge in [-0.3, -0.25) is 14.5 Å². The summed E-state index contributed by atoms with van der Waals surface area (Å²) in [6.07, 6.45) is 0.826. The number of aromatic nitrogens is 2. The quantitative estimate of drug-likeness (QED) is 0.464. The van der Waals surface area contributed by atoms with Gasteiger partial charge >= 0.3 is 0 Å². The molecule has 3 heterocycles. The zero-order chi connectivity index (χ0) is 24.5. The number of hydrogen-bond acceptors (Lipinski definition) is 5. The summed E-state index contributed by atoms with van der Waals surface area (Å²) >= 11 is 9.86. The number of carbonyl (C=O) groups excluding carboxylic acids is 2. The van der Waals surface area contributed by atoms with E-state index < -0.39 is 0 Å². The minimum Gasteiger partial charge on any atom is -0.355 e. The fraction of sp³-hybridized carbons (Fsp3) is 0.400. The molecule has 1 aliphatic heterocycles. The van der Waals surface area contributed by atoms with Gasteiger partial charge in [0.05, 0.1) is 27.4 Å². The van der Waals surface area contributed by atoms with E-state index in [2.05, 4.69) is 32.2 Å². The molecule has 2 aromatic heterocycles. The maximum Gasteiger partial charge on any atom is 0.240 e. The van der Waals surface area contributed by atoms with Crippen LogP contribution in [-0.4, -0.2) is 40.4 Å². The predicted octanol–water partition coefficient (Wildman–Crippen LogP) is 5.58. The Kier molecular flexibility index (Phi) is 7.40. The van der Waals surface area contributed by atoms with Gasteiger partial charge < -0.3 is 5.32 Å². The number of thiophene rings is 1. The van der Waals surface area contributed by atoms with Crippen molar-refractivity contribution in [1.29, 1.82) is 0 Å². The molecule has 9 heteroatoms. The highest BCUT2D eigenvalue weighted by molar-refractivity contribution is 8.00. The first-order valence-electron chi connectivity index (χ1n) is 11.3. The molecule has 0 radical (unpaired) electrons. The first-order valence-corrected chi connectivity index (χ1v) is 13.6. The van der Waals surface area contributed by atoms with Crippen molar-refractivity contribution < 1.29 is 9.59 Å². The van der Waals surface area contributed by atoms with Crippen molar-refractivity contribution in [3.8, 4) is 5.69 Å². The number of anilines is 1. The fourth-order valence-corrected chi connectivity index (χ4v) is 6.38. The number of thioether (sulfide) groups is 1. The summed E-state index contributed by atoms with van der Waals surface area (Å²) in [4.78, 5) is 29.0. The summed E-state index contributed by atoms with van der Waals surface area (Å²) in [5.74, 6) is 0.582. The van der Waals surface area contributed by atoms with Crippen LogP contribution in [0.4, 0.5) is 5.82 Å². The van der Waals surface area contributed by atoms with Gasteiger partial charge in [-0.25, -0.2) is 4.68 Å². The summed E-state index contributed by atoms with van der Waals surface area (Å²) in [6, 6.07) is 11.6. The Morgan fingerprint density at radius 1 is 1.24 bits per heavy atom. The highest BCUT2D eigenvalue weighted by Gasteiger charge is 2.40. The molecule has 2 amide bonds. The van der Waals surface area contributed by atoms with Crippen molar-refractivity contribution in [1.82, 2.24) is 15.1 Å². The lowest BCUT2D eigenvalue weighted by Crippen LogP contribution is -2.42. The second kappa shape index (κ2) is 10.1. The topological polar surface area (TPSA) is 67.2 Å². The van der Waals surface area contributed by atoms with Crippen LogP contribution in [0, 0.1) is 0 Å². The van der Waals surface area contributed by atoms with E-state index in [1.165, 1.54) is 0 Å². The molecule has 1 atom stereocenters. The van der Waals surface area contributed by atoms with Crippen LogP contribution >= 0.6 is 34.7 Å². The third kappa shape index (κ3) is 4.90. The Bertz CT molecular complexity index is 1180. The normalized spacial score (nSPS) is 16.3. The monoisotopic (exact) mass is 516 g/mol. The molecule has 0 aliphatic carbocycles. The van der Waals surface area contributed by atoms with Gasteiger partial charge in [-0.1, -0.05) is 57.5 Å². The standard InChI is InChI=1S/C25H29ClN4O2S2/c1-5-12-27-19(31)14-29-20(32)15-34-22(18-11-8-13-33-18)21-23(25(2,3)4)28-30(24(21)29)17-10-7-6-9-16(17)26/h6-11,13,22H,5,12,14-15H2,1-4H3,(H,27,31). The van der Waals surface area contributed by atoms with E-state index in [1.807, 2.05) is 42.6 Å². The summed E-state index contributed by atoms with van der Waals surface area (Å²) in [5, 5.41) is 10.5. The molecule has 0 saturated heterocycles. The minimum absolute atomic E-state index is 0.0662. The van der Waals surface area contributed by atoms with E-state index >= 15 is 0 Å².